The van der Waals surface area contributed by atoms with Crippen LogP contribution in [-0.2, 0) is 6.54 Å². The van der Waals surface area contributed by atoms with E-state index in [0.717, 1.165) is 15.7 Å². The van der Waals surface area contributed by atoms with Crippen molar-refractivity contribution in [3.05, 3.63) is 63.9 Å². The summed E-state index contributed by atoms with van der Waals surface area (Å²) in [4.78, 5) is 4.33. The molecule has 0 amide bonds. The van der Waals surface area contributed by atoms with Gasteiger partial charge < -0.3 is 15.2 Å². The SMILES string of the molecule is S=C(NCc1nc(-c2ccc(Cl)cc2)no1)Nc1cccc(Br)c1. The van der Waals surface area contributed by atoms with Crippen molar-refractivity contribution in [2.24, 2.45) is 0 Å². The fraction of sp³-hybridized carbons (Fsp3) is 0.0625. The van der Waals surface area contributed by atoms with Gasteiger partial charge >= 0.3 is 0 Å². The second kappa shape index (κ2) is 7.74. The number of benzene rings is 2. The van der Waals surface area contributed by atoms with Crippen LogP contribution in [0.25, 0.3) is 11.4 Å². The summed E-state index contributed by atoms with van der Waals surface area (Å²) in [6.07, 6.45) is 0. The molecule has 1 aromatic heterocycles. The number of hydrogen-bond acceptors (Lipinski definition) is 4. The van der Waals surface area contributed by atoms with Gasteiger partial charge in [-0.1, -0.05) is 38.8 Å². The van der Waals surface area contributed by atoms with E-state index in [-0.39, 0.29) is 0 Å². The normalized spacial score (nSPS) is 10.4. The maximum atomic E-state index is 5.87. The molecule has 0 atom stereocenters. The minimum Gasteiger partial charge on any atom is -0.353 e. The van der Waals surface area contributed by atoms with Crippen LogP contribution >= 0.6 is 39.7 Å². The first-order valence-electron chi connectivity index (χ1n) is 6.99. The van der Waals surface area contributed by atoms with Crippen LogP contribution in [0, 0.1) is 0 Å². The molecule has 0 saturated heterocycles. The maximum Gasteiger partial charge on any atom is 0.246 e. The Morgan fingerprint density at radius 2 is 2.00 bits per heavy atom. The van der Waals surface area contributed by atoms with Gasteiger partial charge in [0, 0.05) is 20.7 Å². The molecular weight excluding hydrogens is 412 g/mol. The van der Waals surface area contributed by atoms with Crippen molar-refractivity contribution < 1.29 is 4.52 Å². The fourth-order valence-electron chi connectivity index (χ4n) is 1.94. The second-order valence-electron chi connectivity index (χ2n) is 4.84. The molecule has 2 N–H and O–H groups in total. The van der Waals surface area contributed by atoms with Gasteiger partial charge in [0.2, 0.25) is 11.7 Å². The first-order chi connectivity index (χ1) is 11.6. The number of anilines is 1. The summed E-state index contributed by atoms with van der Waals surface area (Å²) < 4.78 is 6.19. The molecule has 0 aliphatic rings. The summed E-state index contributed by atoms with van der Waals surface area (Å²) in [6, 6.07) is 14.9. The minimum absolute atomic E-state index is 0.334. The van der Waals surface area contributed by atoms with Crippen LogP contribution in [0.3, 0.4) is 0 Å². The Morgan fingerprint density at radius 1 is 1.21 bits per heavy atom. The molecule has 122 valence electrons. The maximum absolute atomic E-state index is 5.87. The van der Waals surface area contributed by atoms with Gasteiger partial charge in [-0.05, 0) is 54.7 Å². The Bertz CT molecular complexity index is 853. The van der Waals surface area contributed by atoms with Crippen molar-refractivity contribution in [3.8, 4) is 11.4 Å². The highest BCUT2D eigenvalue weighted by molar-refractivity contribution is 9.10. The van der Waals surface area contributed by atoms with Gasteiger partial charge in [-0.15, -0.1) is 0 Å². The zero-order chi connectivity index (χ0) is 16.9. The predicted octanol–water partition coefficient (Wildman–Crippen LogP) is 4.64. The van der Waals surface area contributed by atoms with Gasteiger partial charge in [-0.2, -0.15) is 4.98 Å². The Hall–Kier alpha value is -1.96. The number of nitrogens with one attached hydrogen (secondary N) is 2. The van der Waals surface area contributed by atoms with Crippen LogP contribution < -0.4 is 10.6 Å². The van der Waals surface area contributed by atoms with Crippen molar-refractivity contribution >= 4 is 50.5 Å². The lowest BCUT2D eigenvalue weighted by Gasteiger charge is -2.08. The van der Waals surface area contributed by atoms with Crippen molar-refractivity contribution in [3.63, 3.8) is 0 Å². The number of rotatable bonds is 4. The molecule has 2 aromatic carbocycles. The van der Waals surface area contributed by atoms with E-state index in [4.69, 9.17) is 28.3 Å². The molecule has 3 rings (SSSR count). The molecule has 5 nitrogen and oxygen atoms in total. The smallest absolute Gasteiger partial charge is 0.246 e. The van der Waals surface area contributed by atoms with Crippen LogP contribution in [0.5, 0.6) is 0 Å². The average Bonchev–Trinajstić information content (AvgIpc) is 3.03. The lowest BCUT2D eigenvalue weighted by atomic mass is 10.2. The Morgan fingerprint density at radius 3 is 2.75 bits per heavy atom. The monoisotopic (exact) mass is 422 g/mol. The summed E-state index contributed by atoms with van der Waals surface area (Å²) in [5.41, 5.74) is 1.72. The van der Waals surface area contributed by atoms with Crippen LogP contribution in [0.2, 0.25) is 5.02 Å². The van der Waals surface area contributed by atoms with E-state index >= 15 is 0 Å². The predicted molar refractivity (Wildman–Crippen MR) is 102 cm³/mol. The zero-order valence-corrected chi connectivity index (χ0v) is 15.5. The highest BCUT2D eigenvalue weighted by atomic mass is 79.9. The molecule has 8 heteroatoms. The van der Waals surface area contributed by atoms with E-state index in [1.165, 1.54) is 0 Å². The van der Waals surface area contributed by atoms with Crippen molar-refractivity contribution in [1.82, 2.24) is 15.5 Å². The lowest BCUT2D eigenvalue weighted by molar-refractivity contribution is 0.376. The van der Waals surface area contributed by atoms with Crippen molar-refractivity contribution in [2.45, 2.75) is 6.54 Å². The van der Waals surface area contributed by atoms with Crippen LogP contribution in [-0.4, -0.2) is 15.3 Å². The molecule has 0 spiro atoms. The molecule has 1 heterocycles. The van der Waals surface area contributed by atoms with E-state index in [0.29, 0.717) is 28.4 Å². The molecule has 0 saturated carbocycles. The number of thiocarbonyl (C=S) groups is 1. The van der Waals surface area contributed by atoms with Gasteiger partial charge in [-0.25, -0.2) is 0 Å². The van der Waals surface area contributed by atoms with E-state index < -0.39 is 0 Å². The number of aromatic nitrogens is 2. The molecule has 3 aromatic rings. The van der Waals surface area contributed by atoms with E-state index in [1.807, 2.05) is 36.4 Å². The fourth-order valence-corrected chi connectivity index (χ4v) is 2.66. The third-order valence-corrected chi connectivity index (χ3v) is 4.04. The molecule has 0 fully saturated rings. The van der Waals surface area contributed by atoms with E-state index in [9.17, 15) is 0 Å². The van der Waals surface area contributed by atoms with Gasteiger partial charge in [-0.3, -0.25) is 0 Å². The third kappa shape index (κ3) is 4.53. The lowest BCUT2D eigenvalue weighted by Crippen LogP contribution is -2.27. The standard InChI is InChI=1S/C16H12BrClN4OS/c17-11-2-1-3-13(8-11)20-16(24)19-9-14-21-15(22-23-14)10-4-6-12(18)7-5-10/h1-8H,9H2,(H2,19,20,24). The van der Waals surface area contributed by atoms with E-state index in [2.05, 4.69) is 36.7 Å². The van der Waals surface area contributed by atoms with Gasteiger partial charge in [0.15, 0.2) is 5.11 Å². The molecular formula is C16H12BrClN4OS. The second-order valence-corrected chi connectivity index (χ2v) is 6.60. The quantitative estimate of drug-likeness (QED) is 0.596. The Labute approximate surface area is 157 Å². The summed E-state index contributed by atoms with van der Waals surface area (Å²) in [7, 11) is 0. The van der Waals surface area contributed by atoms with Crippen molar-refractivity contribution in [1.29, 1.82) is 0 Å². The highest BCUT2D eigenvalue weighted by Crippen LogP contribution is 2.19. The number of halogens is 2. The molecule has 0 bridgehead atoms. The molecule has 0 radical (unpaired) electrons. The highest BCUT2D eigenvalue weighted by Gasteiger charge is 2.09. The van der Waals surface area contributed by atoms with Crippen LogP contribution in [0.1, 0.15) is 5.89 Å². The molecule has 0 aliphatic carbocycles. The van der Waals surface area contributed by atoms with Gasteiger partial charge in [0.25, 0.3) is 0 Å². The summed E-state index contributed by atoms with van der Waals surface area (Å²) in [5, 5.41) is 11.2. The summed E-state index contributed by atoms with van der Waals surface area (Å²) in [6.45, 7) is 0.334. The molecule has 0 aliphatic heterocycles. The Kier molecular flexibility index (Phi) is 5.44. The average molecular weight is 424 g/mol. The zero-order valence-electron chi connectivity index (χ0n) is 12.3. The van der Waals surface area contributed by atoms with E-state index in [1.54, 1.807) is 12.1 Å². The van der Waals surface area contributed by atoms with Gasteiger partial charge in [0.05, 0.1) is 6.54 Å². The van der Waals surface area contributed by atoms with Crippen LogP contribution in [0.15, 0.2) is 57.5 Å². The summed E-state index contributed by atoms with van der Waals surface area (Å²) in [5.74, 6) is 0.952. The molecule has 0 unspecified atom stereocenters. The topological polar surface area (TPSA) is 63.0 Å². The number of nitrogens with zero attached hydrogens (tertiary/aromatic N) is 2. The minimum atomic E-state index is 0.334. The third-order valence-electron chi connectivity index (χ3n) is 3.05. The number of hydrogen-bond donors (Lipinski definition) is 2. The first-order valence-corrected chi connectivity index (χ1v) is 8.57. The van der Waals surface area contributed by atoms with Crippen LogP contribution in [0.4, 0.5) is 5.69 Å². The summed E-state index contributed by atoms with van der Waals surface area (Å²) >= 11 is 14.5. The largest absolute Gasteiger partial charge is 0.353 e. The van der Waals surface area contributed by atoms with Crippen molar-refractivity contribution in [2.75, 3.05) is 5.32 Å². The molecule has 24 heavy (non-hydrogen) atoms. The van der Waals surface area contributed by atoms with Gasteiger partial charge in [0.1, 0.15) is 0 Å². The first kappa shape index (κ1) is 16.9. The Balaban J connectivity index is 1.57.